The number of piperidine rings is 1. The van der Waals surface area contributed by atoms with Crippen LogP contribution in [0, 0.1) is 5.92 Å². The lowest BCUT2D eigenvalue weighted by Crippen LogP contribution is -2.47. The molecule has 2 rings (SSSR count). The molecular formula is C19H30N2O4S. The number of nitrogens with zero attached hydrogens (tertiary/aromatic N) is 1. The Morgan fingerprint density at radius 3 is 2.69 bits per heavy atom. The van der Waals surface area contributed by atoms with Crippen molar-refractivity contribution >= 4 is 15.9 Å². The van der Waals surface area contributed by atoms with Gasteiger partial charge in [-0.3, -0.25) is 0 Å². The van der Waals surface area contributed by atoms with Gasteiger partial charge in [0.1, 0.15) is 15.6 Å². The van der Waals surface area contributed by atoms with Gasteiger partial charge in [0.2, 0.25) is 0 Å². The minimum atomic E-state index is -3.00. The van der Waals surface area contributed by atoms with E-state index in [4.69, 9.17) is 4.74 Å². The summed E-state index contributed by atoms with van der Waals surface area (Å²) in [6, 6.07) is 7.83. The van der Waals surface area contributed by atoms with Crippen LogP contribution in [0.5, 0.6) is 5.75 Å². The highest BCUT2D eigenvalue weighted by molar-refractivity contribution is 7.90. The van der Waals surface area contributed by atoms with Crippen LogP contribution in [0.2, 0.25) is 0 Å². The van der Waals surface area contributed by atoms with Crippen molar-refractivity contribution in [3.63, 3.8) is 0 Å². The fraction of sp³-hybridized carbons (Fsp3) is 0.632. The maximum atomic E-state index is 12.3. The van der Waals surface area contributed by atoms with Crippen LogP contribution in [0.4, 0.5) is 4.79 Å². The van der Waals surface area contributed by atoms with Gasteiger partial charge in [-0.25, -0.2) is 13.2 Å². The van der Waals surface area contributed by atoms with E-state index in [1.54, 1.807) is 4.90 Å². The molecule has 26 heavy (non-hydrogen) atoms. The highest BCUT2D eigenvalue weighted by atomic mass is 32.2. The van der Waals surface area contributed by atoms with Crippen LogP contribution in [0.1, 0.15) is 31.7 Å². The normalized spacial score (nSPS) is 17.8. The zero-order chi connectivity index (χ0) is 19.0. The Labute approximate surface area is 156 Å². The monoisotopic (exact) mass is 382 g/mol. The minimum absolute atomic E-state index is 0.0418. The molecule has 1 N–H and O–H groups in total. The van der Waals surface area contributed by atoms with Crippen LogP contribution >= 0.6 is 0 Å². The maximum Gasteiger partial charge on any atom is 0.317 e. The second kappa shape index (κ2) is 9.80. The summed E-state index contributed by atoms with van der Waals surface area (Å²) >= 11 is 0. The van der Waals surface area contributed by atoms with E-state index in [1.807, 2.05) is 24.3 Å². The van der Waals surface area contributed by atoms with Gasteiger partial charge >= 0.3 is 6.03 Å². The number of sulfone groups is 1. The van der Waals surface area contributed by atoms with Crippen molar-refractivity contribution in [1.82, 2.24) is 10.2 Å². The molecule has 0 radical (unpaired) electrons. The Bertz CT molecular complexity index is 673. The summed E-state index contributed by atoms with van der Waals surface area (Å²) < 4.78 is 28.5. The van der Waals surface area contributed by atoms with E-state index in [2.05, 4.69) is 12.2 Å². The van der Waals surface area contributed by atoms with E-state index in [9.17, 15) is 13.2 Å². The molecule has 0 unspecified atom stereocenters. The molecular weight excluding hydrogens is 352 g/mol. The SMILES string of the molecule is CCCOc1ccc(CCNC(=O)N2CCC[C@H](CS(C)(=O)=O)C2)cc1. The van der Waals surface area contributed by atoms with Gasteiger partial charge in [-0.05, 0) is 49.3 Å². The summed E-state index contributed by atoms with van der Waals surface area (Å²) in [5, 5.41) is 2.94. The van der Waals surface area contributed by atoms with Crippen LogP contribution in [-0.2, 0) is 16.3 Å². The quantitative estimate of drug-likeness (QED) is 0.749. The Kier molecular flexibility index (Phi) is 7.75. The summed E-state index contributed by atoms with van der Waals surface area (Å²) in [4.78, 5) is 14.1. The van der Waals surface area contributed by atoms with Crippen molar-refractivity contribution in [2.24, 2.45) is 5.92 Å². The van der Waals surface area contributed by atoms with E-state index in [-0.39, 0.29) is 17.7 Å². The molecule has 1 aromatic rings. The van der Waals surface area contributed by atoms with Gasteiger partial charge in [-0.15, -0.1) is 0 Å². The fourth-order valence-corrected chi connectivity index (χ4v) is 4.34. The third-order valence-electron chi connectivity index (χ3n) is 4.43. The number of rotatable bonds is 8. The number of hydrogen-bond acceptors (Lipinski definition) is 4. The first-order valence-corrected chi connectivity index (χ1v) is 11.4. The van der Waals surface area contributed by atoms with Crippen molar-refractivity contribution in [2.45, 2.75) is 32.6 Å². The summed E-state index contributed by atoms with van der Waals surface area (Å²) in [5.41, 5.74) is 1.14. The first kappa shape index (κ1) is 20.6. The topological polar surface area (TPSA) is 75.7 Å². The number of benzene rings is 1. The van der Waals surface area contributed by atoms with Crippen molar-refractivity contribution in [2.75, 3.05) is 38.2 Å². The molecule has 1 atom stereocenters. The smallest absolute Gasteiger partial charge is 0.317 e. The zero-order valence-electron chi connectivity index (χ0n) is 15.7. The summed E-state index contributed by atoms with van der Waals surface area (Å²) in [7, 11) is -3.00. The standard InChI is InChI=1S/C19H30N2O4S/c1-3-13-25-18-8-6-16(7-9-18)10-11-20-19(22)21-12-4-5-17(14-21)15-26(2,23)24/h6-9,17H,3-5,10-15H2,1-2H3,(H,20,22)/t17-/m0/s1. The molecule has 146 valence electrons. The van der Waals surface area contributed by atoms with Crippen LogP contribution in [0.25, 0.3) is 0 Å². The van der Waals surface area contributed by atoms with Gasteiger partial charge in [-0.2, -0.15) is 0 Å². The number of urea groups is 1. The molecule has 0 spiro atoms. The van der Waals surface area contributed by atoms with Crippen LogP contribution in [0.3, 0.4) is 0 Å². The highest BCUT2D eigenvalue weighted by Gasteiger charge is 2.25. The van der Waals surface area contributed by atoms with E-state index in [1.165, 1.54) is 6.26 Å². The largest absolute Gasteiger partial charge is 0.494 e. The number of likely N-dealkylation sites (tertiary alicyclic amines) is 1. The zero-order valence-corrected chi connectivity index (χ0v) is 16.6. The van der Waals surface area contributed by atoms with Crippen molar-refractivity contribution in [3.05, 3.63) is 29.8 Å². The molecule has 6 nitrogen and oxygen atoms in total. The average Bonchev–Trinajstić information content (AvgIpc) is 2.59. The van der Waals surface area contributed by atoms with Crippen molar-refractivity contribution in [3.8, 4) is 5.75 Å². The number of amides is 2. The lowest BCUT2D eigenvalue weighted by Gasteiger charge is -2.32. The van der Waals surface area contributed by atoms with Gasteiger partial charge in [0.05, 0.1) is 12.4 Å². The molecule has 2 amide bonds. The number of carbonyl (C=O) groups excluding carboxylic acids is 1. The van der Waals surface area contributed by atoms with Gasteiger partial charge in [-0.1, -0.05) is 19.1 Å². The van der Waals surface area contributed by atoms with Gasteiger partial charge in [0, 0.05) is 25.9 Å². The molecule has 0 aliphatic carbocycles. The molecule has 7 heteroatoms. The van der Waals surface area contributed by atoms with Gasteiger partial charge < -0.3 is 15.0 Å². The third-order valence-corrected chi connectivity index (χ3v) is 5.51. The van der Waals surface area contributed by atoms with Crippen molar-refractivity contribution < 1.29 is 17.9 Å². The number of hydrogen-bond donors (Lipinski definition) is 1. The summed E-state index contributed by atoms with van der Waals surface area (Å²) in [6.45, 7) is 4.55. The Balaban J connectivity index is 1.74. The Hall–Kier alpha value is -1.76. The second-order valence-corrected chi connectivity index (χ2v) is 9.21. The van der Waals surface area contributed by atoms with Crippen LogP contribution in [-0.4, -0.2) is 57.6 Å². The van der Waals surface area contributed by atoms with Crippen molar-refractivity contribution in [1.29, 1.82) is 0 Å². The number of nitrogens with one attached hydrogen (secondary N) is 1. The molecule has 1 saturated heterocycles. The molecule has 1 aliphatic rings. The van der Waals surface area contributed by atoms with Crippen LogP contribution in [0.15, 0.2) is 24.3 Å². The predicted molar refractivity (Wildman–Crippen MR) is 103 cm³/mol. The highest BCUT2D eigenvalue weighted by Crippen LogP contribution is 2.18. The first-order chi connectivity index (χ1) is 12.4. The summed E-state index contributed by atoms with van der Waals surface area (Å²) in [6.07, 6.45) is 4.70. The van der Waals surface area contributed by atoms with E-state index in [0.29, 0.717) is 26.2 Å². The molecule has 1 aromatic carbocycles. The first-order valence-electron chi connectivity index (χ1n) is 9.29. The van der Waals surface area contributed by atoms with Gasteiger partial charge in [0.15, 0.2) is 0 Å². The predicted octanol–water partition coefficient (Wildman–Crippen LogP) is 2.48. The Morgan fingerprint density at radius 1 is 1.31 bits per heavy atom. The lowest BCUT2D eigenvalue weighted by molar-refractivity contribution is 0.170. The lowest BCUT2D eigenvalue weighted by atomic mass is 10.0. The van der Waals surface area contributed by atoms with Gasteiger partial charge in [0.25, 0.3) is 0 Å². The average molecular weight is 383 g/mol. The van der Waals surface area contributed by atoms with E-state index >= 15 is 0 Å². The summed E-state index contributed by atoms with van der Waals surface area (Å²) in [5.74, 6) is 1.06. The van der Waals surface area contributed by atoms with E-state index < -0.39 is 9.84 Å². The maximum absolute atomic E-state index is 12.3. The van der Waals surface area contributed by atoms with E-state index in [0.717, 1.165) is 37.0 Å². The third kappa shape index (κ3) is 7.23. The second-order valence-electron chi connectivity index (χ2n) is 7.02. The molecule has 1 heterocycles. The number of carbonyl (C=O) groups is 1. The molecule has 1 fully saturated rings. The minimum Gasteiger partial charge on any atom is -0.494 e. The van der Waals surface area contributed by atoms with Crippen LogP contribution < -0.4 is 10.1 Å². The number of ether oxygens (including phenoxy) is 1. The Morgan fingerprint density at radius 2 is 2.04 bits per heavy atom. The molecule has 0 saturated carbocycles. The molecule has 0 bridgehead atoms. The molecule has 0 aromatic heterocycles. The fourth-order valence-electron chi connectivity index (χ4n) is 3.21. The molecule has 1 aliphatic heterocycles.